The smallest absolute Gasteiger partial charge is 0.311 e. The molecule has 20 heavy (non-hydrogen) atoms. The number of ether oxygens (including phenoxy) is 1. The second kappa shape index (κ2) is 5.62. The van der Waals surface area contributed by atoms with Gasteiger partial charge in [-0.3, -0.25) is 9.59 Å². The molecule has 1 aromatic heterocycles. The summed E-state index contributed by atoms with van der Waals surface area (Å²) >= 11 is 0. The number of carbonyl (C=O) groups excluding carboxylic acids is 1. The molecule has 1 saturated heterocycles. The molecular formula is C13H18N2O5. The molecule has 1 atom stereocenters. The molecule has 7 heteroatoms. The fourth-order valence-corrected chi connectivity index (χ4v) is 2.37. The van der Waals surface area contributed by atoms with Crippen molar-refractivity contribution in [3.8, 4) is 0 Å². The second-order valence-electron chi connectivity index (χ2n) is 5.31. The minimum atomic E-state index is -0.896. The normalized spacial score (nSPS) is 22.8. The van der Waals surface area contributed by atoms with E-state index in [9.17, 15) is 14.7 Å². The second-order valence-corrected chi connectivity index (χ2v) is 5.31. The number of methoxy groups -OCH3 is 1. The molecule has 1 aliphatic rings. The first-order chi connectivity index (χ1) is 9.46. The minimum Gasteiger partial charge on any atom is -0.481 e. The van der Waals surface area contributed by atoms with E-state index < -0.39 is 11.4 Å². The van der Waals surface area contributed by atoms with Crippen molar-refractivity contribution < 1.29 is 24.0 Å². The van der Waals surface area contributed by atoms with Crippen molar-refractivity contribution in [1.82, 2.24) is 10.1 Å². The van der Waals surface area contributed by atoms with E-state index in [2.05, 4.69) is 5.16 Å². The first-order valence-electron chi connectivity index (χ1n) is 6.43. The zero-order valence-electron chi connectivity index (χ0n) is 11.6. The summed E-state index contributed by atoms with van der Waals surface area (Å²) in [6.07, 6.45) is 1.23. The van der Waals surface area contributed by atoms with Gasteiger partial charge in [-0.2, -0.15) is 0 Å². The van der Waals surface area contributed by atoms with E-state index in [1.807, 2.05) is 0 Å². The van der Waals surface area contributed by atoms with Crippen molar-refractivity contribution in [2.45, 2.75) is 26.4 Å². The van der Waals surface area contributed by atoms with Crippen LogP contribution in [-0.4, -0.2) is 47.2 Å². The highest BCUT2D eigenvalue weighted by molar-refractivity contribution is 5.92. The molecule has 1 fully saturated rings. The lowest BCUT2D eigenvalue weighted by molar-refractivity contribution is -0.150. The van der Waals surface area contributed by atoms with Crippen LogP contribution in [0.3, 0.4) is 0 Å². The number of carboxylic acids is 1. The molecule has 0 saturated carbocycles. The van der Waals surface area contributed by atoms with Gasteiger partial charge in [0, 0.05) is 26.3 Å². The molecule has 1 aromatic rings. The molecule has 0 spiro atoms. The highest BCUT2D eigenvalue weighted by Gasteiger charge is 2.40. The SMILES string of the molecule is COCc1cc(C(=O)N2CCCC(C)(C(=O)O)C2)no1. The summed E-state index contributed by atoms with van der Waals surface area (Å²) in [6.45, 7) is 2.63. The third kappa shape index (κ3) is 2.82. The van der Waals surface area contributed by atoms with Crippen molar-refractivity contribution >= 4 is 11.9 Å². The van der Waals surface area contributed by atoms with Gasteiger partial charge in [0.15, 0.2) is 11.5 Å². The molecule has 0 radical (unpaired) electrons. The van der Waals surface area contributed by atoms with E-state index in [1.54, 1.807) is 6.92 Å². The van der Waals surface area contributed by atoms with E-state index in [1.165, 1.54) is 18.1 Å². The molecular weight excluding hydrogens is 264 g/mol. The van der Waals surface area contributed by atoms with Gasteiger partial charge >= 0.3 is 5.97 Å². The monoisotopic (exact) mass is 282 g/mol. The van der Waals surface area contributed by atoms with Crippen LogP contribution in [0.4, 0.5) is 0 Å². The fraction of sp³-hybridized carbons (Fsp3) is 0.615. The van der Waals surface area contributed by atoms with E-state index in [4.69, 9.17) is 9.26 Å². The van der Waals surface area contributed by atoms with E-state index in [0.29, 0.717) is 25.1 Å². The van der Waals surface area contributed by atoms with E-state index in [-0.39, 0.29) is 24.8 Å². The molecule has 2 heterocycles. The number of hydrogen-bond acceptors (Lipinski definition) is 5. The van der Waals surface area contributed by atoms with Crippen molar-refractivity contribution in [3.05, 3.63) is 17.5 Å². The number of aliphatic carboxylic acids is 1. The first-order valence-corrected chi connectivity index (χ1v) is 6.43. The summed E-state index contributed by atoms with van der Waals surface area (Å²) in [5.74, 6) is -0.715. The Morgan fingerprint density at radius 2 is 2.35 bits per heavy atom. The van der Waals surface area contributed by atoms with Crippen LogP contribution in [0.15, 0.2) is 10.6 Å². The molecule has 2 rings (SSSR count). The van der Waals surface area contributed by atoms with Crippen molar-refractivity contribution in [2.75, 3.05) is 20.2 Å². The molecule has 0 aromatic carbocycles. The molecule has 1 aliphatic heterocycles. The molecule has 1 unspecified atom stereocenters. The van der Waals surface area contributed by atoms with Crippen molar-refractivity contribution in [3.63, 3.8) is 0 Å². The van der Waals surface area contributed by atoms with Crippen LogP contribution in [-0.2, 0) is 16.1 Å². The number of hydrogen-bond donors (Lipinski definition) is 1. The van der Waals surface area contributed by atoms with Gasteiger partial charge in [-0.25, -0.2) is 0 Å². The van der Waals surface area contributed by atoms with Crippen LogP contribution in [0.25, 0.3) is 0 Å². The van der Waals surface area contributed by atoms with E-state index >= 15 is 0 Å². The van der Waals surface area contributed by atoms with Crippen LogP contribution in [0, 0.1) is 5.41 Å². The highest BCUT2D eigenvalue weighted by Crippen LogP contribution is 2.30. The Morgan fingerprint density at radius 3 is 3.00 bits per heavy atom. The van der Waals surface area contributed by atoms with E-state index in [0.717, 1.165) is 0 Å². The Kier molecular flexibility index (Phi) is 4.08. The molecule has 1 amide bonds. The predicted octanol–water partition coefficient (Wildman–Crippen LogP) is 1.15. The molecule has 110 valence electrons. The maximum Gasteiger partial charge on any atom is 0.311 e. The van der Waals surface area contributed by atoms with Crippen molar-refractivity contribution in [2.24, 2.45) is 5.41 Å². The van der Waals surface area contributed by atoms with Gasteiger partial charge in [0.05, 0.1) is 5.41 Å². The zero-order valence-corrected chi connectivity index (χ0v) is 11.6. The average molecular weight is 282 g/mol. The molecule has 0 aliphatic carbocycles. The summed E-state index contributed by atoms with van der Waals surface area (Å²) < 4.78 is 9.87. The van der Waals surface area contributed by atoms with Crippen LogP contribution < -0.4 is 0 Å². The standard InChI is InChI=1S/C13H18N2O5/c1-13(12(17)18)4-3-5-15(8-13)11(16)10-6-9(7-19-2)20-14-10/h6H,3-5,7-8H2,1-2H3,(H,17,18). The Morgan fingerprint density at radius 1 is 1.60 bits per heavy atom. The lowest BCUT2D eigenvalue weighted by Crippen LogP contribution is -2.48. The largest absolute Gasteiger partial charge is 0.481 e. The molecule has 7 nitrogen and oxygen atoms in total. The van der Waals surface area contributed by atoms with Crippen LogP contribution >= 0.6 is 0 Å². The maximum absolute atomic E-state index is 12.3. The van der Waals surface area contributed by atoms with Gasteiger partial charge in [0.1, 0.15) is 6.61 Å². The summed E-state index contributed by atoms with van der Waals surface area (Å²) in [6, 6.07) is 1.53. The first kappa shape index (κ1) is 14.5. The van der Waals surface area contributed by atoms with Gasteiger partial charge in [0.25, 0.3) is 5.91 Å². The molecule has 1 N–H and O–H groups in total. The summed E-state index contributed by atoms with van der Waals surface area (Å²) in [5, 5.41) is 13.0. The zero-order chi connectivity index (χ0) is 14.8. The number of aromatic nitrogens is 1. The number of amides is 1. The lowest BCUT2D eigenvalue weighted by atomic mass is 9.82. The van der Waals surface area contributed by atoms with Crippen molar-refractivity contribution in [1.29, 1.82) is 0 Å². The third-order valence-electron chi connectivity index (χ3n) is 3.56. The fourth-order valence-electron chi connectivity index (χ4n) is 2.37. The Hall–Kier alpha value is -1.89. The van der Waals surface area contributed by atoms with Crippen LogP contribution in [0.5, 0.6) is 0 Å². The number of carbonyl (C=O) groups is 2. The Labute approximate surface area is 116 Å². The molecule has 0 bridgehead atoms. The summed E-state index contributed by atoms with van der Waals surface area (Å²) in [5.41, 5.74) is -0.709. The van der Waals surface area contributed by atoms with Gasteiger partial charge in [0.2, 0.25) is 0 Å². The maximum atomic E-state index is 12.3. The quantitative estimate of drug-likeness (QED) is 0.890. The lowest BCUT2D eigenvalue weighted by Gasteiger charge is -2.37. The van der Waals surface area contributed by atoms with Gasteiger partial charge in [-0.15, -0.1) is 0 Å². The number of likely N-dealkylation sites (tertiary alicyclic amines) is 1. The summed E-state index contributed by atoms with van der Waals surface area (Å²) in [7, 11) is 1.52. The Balaban J connectivity index is 2.10. The number of piperidine rings is 1. The van der Waals surface area contributed by atoms with Gasteiger partial charge < -0.3 is 19.3 Å². The number of carboxylic acid groups (broad SMARTS) is 1. The minimum absolute atomic E-state index is 0.187. The number of nitrogens with zero attached hydrogens (tertiary/aromatic N) is 2. The number of rotatable bonds is 4. The van der Waals surface area contributed by atoms with Gasteiger partial charge in [-0.05, 0) is 19.8 Å². The topological polar surface area (TPSA) is 92.9 Å². The van der Waals surface area contributed by atoms with Crippen LogP contribution in [0.1, 0.15) is 36.0 Å². The summed E-state index contributed by atoms with van der Waals surface area (Å²) in [4.78, 5) is 25.1. The average Bonchev–Trinajstić information content (AvgIpc) is 2.87. The highest BCUT2D eigenvalue weighted by atomic mass is 16.5. The third-order valence-corrected chi connectivity index (χ3v) is 3.56. The Bertz CT molecular complexity index is 513. The van der Waals surface area contributed by atoms with Gasteiger partial charge in [-0.1, -0.05) is 5.16 Å². The predicted molar refractivity (Wildman–Crippen MR) is 68.1 cm³/mol. The van der Waals surface area contributed by atoms with Crippen LogP contribution in [0.2, 0.25) is 0 Å².